The van der Waals surface area contributed by atoms with E-state index in [4.69, 9.17) is 4.74 Å². The minimum atomic E-state index is -0.314. The Morgan fingerprint density at radius 3 is 2.65 bits per heavy atom. The molecule has 118 valence electrons. The third-order valence-electron chi connectivity index (χ3n) is 3.59. The van der Waals surface area contributed by atoms with Crippen LogP contribution >= 0.6 is 0 Å². The van der Waals surface area contributed by atoms with E-state index in [1.807, 2.05) is 0 Å². The maximum atomic E-state index is 12.8. The van der Waals surface area contributed by atoms with E-state index in [0.29, 0.717) is 35.7 Å². The first-order valence-corrected chi connectivity index (χ1v) is 7.12. The Hall–Kier alpha value is -2.73. The van der Waals surface area contributed by atoms with Gasteiger partial charge in [0.1, 0.15) is 18.2 Å². The van der Waals surface area contributed by atoms with Crippen LogP contribution in [0.25, 0.3) is 5.57 Å². The van der Waals surface area contributed by atoms with Crippen LogP contribution in [0.4, 0.5) is 4.39 Å². The number of benzene rings is 1. The molecule has 1 aliphatic heterocycles. The second-order valence-corrected chi connectivity index (χ2v) is 5.09. The van der Waals surface area contributed by atoms with E-state index in [1.165, 1.54) is 12.1 Å². The number of nitrogens with zero attached hydrogens (tertiary/aromatic N) is 1. The summed E-state index contributed by atoms with van der Waals surface area (Å²) in [6.07, 6.45) is 1.56. The van der Waals surface area contributed by atoms with Gasteiger partial charge in [0.2, 0.25) is 5.91 Å². The summed E-state index contributed by atoms with van der Waals surface area (Å²) in [6, 6.07) is 9.57. The minimum Gasteiger partial charge on any atom is -0.487 e. The van der Waals surface area contributed by atoms with E-state index in [9.17, 15) is 14.3 Å². The van der Waals surface area contributed by atoms with Crippen LogP contribution < -0.4 is 10.1 Å². The molecule has 0 spiro atoms. The number of nitrogens with one attached hydrogen (secondary N) is 1. The largest absolute Gasteiger partial charge is 0.487 e. The quantitative estimate of drug-likeness (QED) is 0.881. The second-order valence-electron chi connectivity index (χ2n) is 5.09. The molecular formula is C17H15FN2O3. The Bertz CT molecular complexity index is 739. The molecule has 3 rings (SSSR count). The van der Waals surface area contributed by atoms with Crippen molar-refractivity contribution in [2.24, 2.45) is 0 Å². The topological polar surface area (TPSA) is 71.5 Å². The predicted molar refractivity (Wildman–Crippen MR) is 82.0 cm³/mol. The maximum absolute atomic E-state index is 12.8. The molecule has 6 heteroatoms. The van der Waals surface area contributed by atoms with Gasteiger partial charge in [0.25, 0.3) is 0 Å². The van der Waals surface area contributed by atoms with Gasteiger partial charge in [-0.2, -0.15) is 0 Å². The highest BCUT2D eigenvalue weighted by Crippen LogP contribution is 2.22. The molecule has 1 amide bonds. The van der Waals surface area contributed by atoms with Gasteiger partial charge in [0, 0.05) is 17.7 Å². The Labute approximate surface area is 132 Å². The molecule has 1 aliphatic rings. The molecule has 0 saturated heterocycles. The van der Waals surface area contributed by atoms with Crippen LogP contribution in [-0.4, -0.2) is 29.1 Å². The molecule has 2 aromatic rings. The van der Waals surface area contributed by atoms with Gasteiger partial charge in [-0.15, -0.1) is 0 Å². The number of carbonyl (C=O) groups excluding carboxylic acids is 1. The summed E-state index contributed by atoms with van der Waals surface area (Å²) in [5.41, 5.74) is 2.52. The lowest BCUT2D eigenvalue weighted by atomic mass is 10.1. The molecule has 0 unspecified atom stereocenters. The lowest BCUT2D eigenvalue weighted by Crippen LogP contribution is -2.18. The number of pyridine rings is 1. The fourth-order valence-electron chi connectivity index (χ4n) is 2.32. The number of hydrogen-bond acceptors (Lipinski definition) is 4. The van der Waals surface area contributed by atoms with Gasteiger partial charge >= 0.3 is 0 Å². The zero-order valence-corrected chi connectivity index (χ0v) is 12.3. The SMILES string of the molecule is O=C1NCC(c2ccc(OCc3ccc(F)cc3)cn2)=C1CO. The summed E-state index contributed by atoms with van der Waals surface area (Å²) < 4.78 is 18.4. The highest BCUT2D eigenvalue weighted by atomic mass is 19.1. The van der Waals surface area contributed by atoms with E-state index in [0.717, 1.165) is 5.56 Å². The second kappa shape index (κ2) is 6.58. The van der Waals surface area contributed by atoms with E-state index in [2.05, 4.69) is 10.3 Å². The third-order valence-corrected chi connectivity index (χ3v) is 3.59. The summed E-state index contributed by atoms with van der Waals surface area (Å²) in [5, 5.41) is 11.9. The van der Waals surface area contributed by atoms with Crippen LogP contribution in [0.15, 0.2) is 48.2 Å². The van der Waals surface area contributed by atoms with Gasteiger partial charge in [0.05, 0.1) is 18.5 Å². The zero-order valence-electron chi connectivity index (χ0n) is 12.3. The summed E-state index contributed by atoms with van der Waals surface area (Å²) in [5.74, 6) is 0.0231. The summed E-state index contributed by atoms with van der Waals surface area (Å²) >= 11 is 0. The first kappa shape index (κ1) is 15.2. The molecule has 1 aromatic heterocycles. The fraction of sp³-hybridized carbons (Fsp3) is 0.176. The molecular weight excluding hydrogens is 299 g/mol. The van der Waals surface area contributed by atoms with Crippen LogP contribution in [0.3, 0.4) is 0 Å². The van der Waals surface area contributed by atoms with Gasteiger partial charge in [-0.25, -0.2) is 4.39 Å². The van der Waals surface area contributed by atoms with Gasteiger partial charge in [0.15, 0.2) is 0 Å². The summed E-state index contributed by atoms with van der Waals surface area (Å²) in [4.78, 5) is 15.8. The van der Waals surface area contributed by atoms with Crippen molar-refractivity contribution < 1.29 is 19.0 Å². The molecule has 0 aliphatic carbocycles. The van der Waals surface area contributed by atoms with Crippen molar-refractivity contribution in [2.75, 3.05) is 13.2 Å². The highest BCUT2D eigenvalue weighted by Gasteiger charge is 2.23. The Morgan fingerprint density at radius 1 is 1.22 bits per heavy atom. The molecule has 0 fully saturated rings. The number of amides is 1. The summed E-state index contributed by atoms with van der Waals surface area (Å²) in [6.45, 7) is 0.356. The Balaban J connectivity index is 1.69. The number of aliphatic hydroxyl groups excluding tert-OH is 1. The van der Waals surface area contributed by atoms with Crippen molar-refractivity contribution in [1.29, 1.82) is 0 Å². The number of aromatic nitrogens is 1. The van der Waals surface area contributed by atoms with Crippen molar-refractivity contribution >= 4 is 11.5 Å². The highest BCUT2D eigenvalue weighted by molar-refractivity contribution is 6.05. The van der Waals surface area contributed by atoms with Crippen LogP contribution in [-0.2, 0) is 11.4 Å². The van der Waals surface area contributed by atoms with Crippen LogP contribution in [0, 0.1) is 5.82 Å². The fourth-order valence-corrected chi connectivity index (χ4v) is 2.32. The van der Waals surface area contributed by atoms with Gasteiger partial charge in [-0.3, -0.25) is 9.78 Å². The van der Waals surface area contributed by atoms with E-state index in [-0.39, 0.29) is 18.3 Å². The number of aliphatic hydroxyl groups is 1. The van der Waals surface area contributed by atoms with E-state index < -0.39 is 0 Å². The normalized spacial score (nSPS) is 14.1. The lowest BCUT2D eigenvalue weighted by Gasteiger charge is -2.07. The molecule has 5 nitrogen and oxygen atoms in total. The number of ether oxygens (including phenoxy) is 1. The number of hydrogen-bond donors (Lipinski definition) is 2. The Morgan fingerprint density at radius 2 is 2.00 bits per heavy atom. The molecule has 0 atom stereocenters. The van der Waals surface area contributed by atoms with Crippen molar-refractivity contribution in [2.45, 2.75) is 6.61 Å². The first-order chi connectivity index (χ1) is 11.2. The Kier molecular flexibility index (Phi) is 4.34. The van der Waals surface area contributed by atoms with Gasteiger partial charge < -0.3 is 15.2 Å². The molecule has 0 bridgehead atoms. The van der Waals surface area contributed by atoms with Gasteiger partial charge in [-0.1, -0.05) is 12.1 Å². The monoisotopic (exact) mass is 314 g/mol. The van der Waals surface area contributed by atoms with Crippen molar-refractivity contribution in [3.05, 3.63) is 65.2 Å². The minimum absolute atomic E-state index is 0.263. The average Bonchev–Trinajstić information content (AvgIpc) is 2.95. The smallest absolute Gasteiger partial charge is 0.250 e. The number of rotatable bonds is 5. The third kappa shape index (κ3) is 3.37. The van der Waals surface area contributed by atoms with Crippen LogP contribution in [0.5, 0.6) is 5.75 Å². The molecule has 23 heavy (non-hydrogen) atoms. The zero-order chi connectivity index (χ0) is 16.2. The van der Waals surface area contributed by atoms with E-state index in [1.54, 1.807) is 30.5 Å². The van der Waals surface area contributed by atoms with Crippen molar-refractivity contribution in [3.8, 4) is 5.75 Å². The summed E-state index contributed by atoms with van der Waals surface area (Å²) in [7, 11) is 0. The predicted octanol–water partition coefficient (Wildman–Crippen LogP) is 1.68. The lowest BCUT2D eigenvalue weighted by molar-refractivity contribution is -0.117. The van der Waals surface area contributed by atoms with E-state index >= 15 is 0 Å². The van der Waals surface area contributed by atoms with Crippen molar-refractivity contribution in [1.82, 2.24) is 10.3 Å². The molecule has 0 saturated carbocycles. The molecule has 2 N–H and O–H groups in total. The first-order valence-electron chi connectivity index (χ1n) is 7.12. The van der Waals surface area contributed by atoms with Crippen LogP contribution in [0.2, 0.25) is 0 Å². The number of halogens is 1. The van der Waals surface area contributed by atoms with Crippen molar-refractivity contribution in [3.63, 3.8) is 0 Å². The standard InChI is InChI=1S/C17H15FN2O3/c18-12-3-1-11(2-4-12)10-23-13-5-6-16(19-7-13)14-8-20-17(22)15(14)9-21/h1-7,21H,8-10H2,(H,20,22). The maximum Gasteiger partial charge on any atom is 0.250 e. The number of carbonyl (C=O) groups is 1. The van der Waals surface area contributed by atoms with Crippen LogP contribution in [0.1, 0.15) is 11.3 Å². The van der Waals surface area contributed by atoms with Gasteiger partial charge in [-0.05, 0) is 29.8 Å². The molecule has 2 heterocycles. The average molecular weight is 314 g/mol. The molecule has 1 aromatic carbocycles. The molecule has 0 radical (unpaired) electrons.